The van der Waals surface area contributed by atoms with Gasteiger partial charge in [0.25, 0.3) is 5.56 Å². The van der Waals surface area contributed by atoms with Crippen LogP contribution in [0.2, 0.25) is 0 Å². The normalized spacial score (nSPS) is 15.5. The van der Waals surface area contributed by atoms with E-state index in [9.17, 15) is 14.4 Å². The highest BCUT2D eigenvalue weighted by molar-refractivity contribution is 5.78. The van der Waals surface area contributed by atoms with Crippen LogP contribution < -0.4 is 21.5 Å². The van der Waals surface area contributed by atoms with Gasteiger partial charge in [-0.1, -0.05) is 12.0 Å². The third-order valence-electron chi connectivity index (χ3n) is 7.22. The maximum absolute atomic E-state index is 14.0. The van der Waals surface area contributed by atoms with E-state index < -0.39 is 22.9 Å². The molecule has 42 heavy (non-hydrogen) atoms. The van der Waals surface area contributed by atoms with Crippen molar-refractivity contribution in [3.05, 3.63) is 56.5 Å². The number of aromatic nitrogens is 6. The van der Waals surface area contributed by atoms with Gasteiger partial charge in [0.2, 0.25) is 5.95 Å². The number of ether oxygens (including phenoxy) is 1. The molecule has 4 heterocycles. The van der Waals surface area contributed by atoms with Crippen LogP contribution in [0.5, 0.6) is 0 Å². The van der Waals surface area contributed by atoms with Gasteiger partial charge in [0.05, 0.1) is 24.1 Å². The Morgan fingerprint density at radius 3 is 2.67 bits per heavy atom. The first kappa shape index (κ1) is 28.9. The molecule has 0 saturated carbocycles. The number of nitrogens with zero attached hydrogens (tertiary/aromatic N) is 7. The number of fused-ring (bicyclic) bond motifs is 2. The molecule has 12 heteroatoms. The zero-order valence-electron chi connectivity index (χ0n) is 24.9. The monoisotopic (exact) mass is 572 g/mol. The van der Waals surface area contributed by atoms with Gasteiger partial charge in [-0.05, 0) is 64.7 Å². The highest BCUT2D eigenvalue weighted by Crippen LogP contribution is 2.24. The lowest BCUT2D eigenvalue weighted by atomic mass is 10.1. The number of carbonyl (C=O) groups excluding carboxylic acids is 1. The number of carbonyl (C=O) groups is 1. The van der Waals surface area contributed by atoms with Crippen LogP contribution in [0.1, 0.15) is 51.7 Å². The van der Waals surface area contributed by atoms with Crippen molar-refractivity contribution in [2.45, 2.75) is 72.2 Å². The molecule has 0 bridgehead atoms. The van der Waals surface area contributed by atoms with Crippen LogP contribution >= 0.6 is 0 Å². The van der Waals surface area contributed by atoms with Gasteiger partial charge >= 0.3 is 11.8 Å². The van der Waals surface area contributed by atoms with Gasteiger partial charge in [0, 0.05) is 38.6 Å². The largest absolute Gasteiger partial charge is 0.444 e. The number of anilines is 1. The second-order valence-corrected chi connectivity index (χ2v) is 11.6. The van der Waals surface area contributed by atoms with Crippen molar-refractivity contribution in [2.75, 3.05) is 18.0 Å². The Hall–Kier alpha value is -4.66. The van der Waals surface area contributed by atoms with E-state index in [1.165, 1.54) is 9.13 Å². The van der Waals surface area contributed by atoms with E-state index in [0.717, 1.165) is 29.5 Å². The molecular formula is C30H36N8O4. The van der Waals surface area contributed by atoms with Gasteiger partial charge < -0.3 is 15.0 Å². The first-order valence-corrected chi connectivity index (χ1v) is 14.0. The number of imidazole rings is 1. The van der Waals surface area contributed by atoms with Crippen LogP contribution in [0, 0.1) is 18.8 Å². The molecule has 1 aromatic carbocycles. The number of hydrogen-bond acceptors (Lipinski definition) is 8. The van der Waals surface area contributed by atoms with Gasteiger partial charge in [-0.25, -0.2) is 9.59 Å². The molecule has 4 aromatic rings. The molecular weight excluding hydrogens is 536 g/mol. The summed E-state index contributed by atoms with van der Waals surface area (Å²) in [6.07, 6.45) is 4.37. The average molecular weight is 573 g/mol. The standard InChI is InChI=1S/C30H36N8O4/c1-7-8-14-37-24-25(34-27(37)36-13-9-10-21(18-36)33-28(40)42-30(3,4)5)35(6)29(41)38(26(24)39)17-20-15-19(2)23-22(16-20)31-11-12-32-23/h11-12,15-16,21H,9-10,13-14,17-18H2,1-6H3,(H,33,40)/t21-/m1/s1. The van der Waals surface area contributed by atoms with Crippen LogP contribution in [0.15, 0.2) is 34.1 Å². The Morgan fingerprint density at radius 2 is 1.93 bits per heavy atom. The third kappa shape index (κ3) is 5.72. The second-order valence-electron chi connectivity index (χ2n) is 11.6. The average Bonchev–Trinajstić information content (AvgIpc) is 3.32. The fourth-order valence-corrected chi connectivity index (χ4v) is 5.40. The van der Waals surface area contributed by atoms with Crippen LogP contribution in [-0.2, 0) is 24.9 Å². The topological polar surface area (TPSA) is 129 Å². The third-order valence-corrected chi connectivity index (χ3v) is 7.22. The van der Waals surface area contributed by atoms with Gasteiger partial charge in [0.15, 0.2) is 11.2 Å². The fourth-order valence-electron chi connectivity index (χ4n) is 5.40. The molecule has 1 atom stereocenters. The maximum Gasteiger partial charge on any atom is 0.407 e. The minimum Gasteiger partial charge on any atom is -0.444 e. The number of aryl methyl sites for hydroxylation is 2. The molecule has 1 fully saturated rings. The Labute approximate surface area is 243 Å². The highest BCUT2D eigenvalue weighted by atomic mass is 16.6. The molecule has 0 unspecified atom stereocenters. The molecule has 220 valence electrons. The van der Waals surface area contributed by atoms with E-state index in [0.29, 0.717) is 30.1 Å². The first-order chi connectivity index (χ1) is 20.0. The summed E-state index contributed by atoms with van der Waals surface area (Å²) in [4.78, 5) is 55.6. The second kappa shape index (κ2) is 11.3. The van der Waals surface area contributed by atoms with E-state index in [1.807, 2.05) is 44.7 Å². The van der Waals surface area contributed by atoms with Gasteiger partial charge in [-0.2, -0.15) is 4.98 Å². The molecule has 1 aliphatic rings. The highest BCUT2D eigenvalue weighted by Gasteiger charge is 2.29. The zero-order chi connectivity index (χ0) is 30.2. The van der Waals surface area contributed by atoms with E-state index in [4.69, 9.17) is 9.72 Å². The zero-order valence-corrected chi connectivity index (χ0v) is 24.9. The SMILES string of the molecule is CC#CCn1c(N2CCC[C@@H](NC(=O)OC(C)(C)C)C2)nc2c1c(=O)n(Cc1cc(C)c3nccnc3c1)c(=O)n2C. The van der Waals surface area contributed by atoms with Crippen molar-refractivity contribution in [3.63, 3.8) is 0 Å². The summed E-state index contributed by atoms with van der Waals surface area (Å²) in [5, 5.41) is 2.96. The number of rotatable bonds is 5. The van der Waals surface area contributed by atoms with Crippen molar-refractivity contribution in [2.24, 2.45) is 7.05 Å². The molecule has 1 N–H and O–H groups in total. The molecule has 1 aliphatic heterocycles. The lowest BCUT2D eigenvalue weighted by Gasteiger charge is -2.34. The fraction of sp³-hybridized carbons (Fsp3) is 0.467. The predicted molar refractivity (Wildman–Crippen MR) is 161 cm³/mol. The van der Waals surface area contributed by atoms with Crippen molar-refractivity contribution in [3.8, 4) is 11.8 Å². The van der Waals surface area contributed by atoms with E-state index in [1.54, 1.807) is 30.9 Å². The summed E-state index contributed by atoms with van der Waals surface area (Å²) in [6.45, 7) is 10.6. The number of nitrogens with one attached hydrogen (secondary N) is 1. The predicted octanol–water partition coefficient (Wildman–Crippen LogP) is 2.71. The summed E-state index contributed by atoms with van der Waals surface area (Å²) >= 11 is 0. The first-order valence-electron chi connectivity index (χ1n) is 14.0. The minimum atomic E-state index is -0.602. The lowest BCUT2D eigenvalue weighted by molar-refractivity contribution is 0.0499. The molecule has 1 amide bonds. The Morgan fingerprint density at radius 1 is 1.17 bits per heavy atom. The Kier molecular flexibility index (Phi) is 7.77. The number of piperidine rings is 1. The van der Waals surface area contributed by atoms with Crippen molar-refractivity contribution in [1.82, 2.24) is 34.0 Å². The lowest BCUT2D eigenvalue weighted by Crippen LogP contribution is -2.49. The van der Waals surface area contributed by atoms with Crippen molar-refractivity contribution >= 4 is 34.2 Å². The van der Waals surface area contributed by atoms with Gasteiger partial charge in [-0.15, -0.1) is 5.92 Å². The van der Waals surface area contributed by atoms with Gasteiger partial charge in [-0.3, -0.25) is 28.5 Å². The summed E-state index contributed by atoms with van der Waals surface area (Å²) in [5.74, 6) is 6.49. The summed E-state index contributed by atoms with van der Waals surface area (Å²) in [6, 6.07) is 3.60. The Bertz CT molecular complexity index is 1850. The Balaban J connectivity index is 1.55. The van der Waals surface area contributed by atoms with Crippen molar-refractivity contribution in [1.29, 1.82) is 0 Å². The molecule has 0 radical (unpaired) electrons. The molecule has 3 aromatic heterocycles. The van der Waals surface area contributed by atoms with Crippen LogP contribution in [0.3, 0.4) is 0 Å². The van der Waals surface area contributed by atoms with E-state index >= 15 is 0 Å². The van der Waals surface area contributed by atoms with Crippen LogP contribution in [0.4, 0.5) is 10.7 Å². The summed E-state index contributed by atoms with van der Waals surface area (Å²) in [5.41, 5.74) is 2.23. The minimum absolute atomic E-state index is 0.0698. The molecule has 0 spiro atoms. The molecule has 1 saturated heterocycles. The molecule has 12 nitrogen and oxygen atoms in total. The van der Waals surface area contributed by atoms with Crippen LogP contribution in [-0.4, -0.2) is 59.5 Å². The van der Waals surface area contributed by atoms with E-state index in [2.05, 4.69) is 27.1 Å². The summed E-state index contributed by atoms with van der Waals surface area (Å²) < 4.78 is 9.85. The van der Waals surface area contributed by atoms with Crippen LogP contribution in [0.25, 0.3) is 22.2 Å². The van der Waals surface area contributed by atoms with E-state index in [-0.39, 0.29) is 24.8 Å². The number of amides is 1. The number of benzene rings is 1. The molecule has 5 rings (SSSR count). The quantitative estimate of drug-likeness (QED) is 0.362. The molecule has 0 aliphatic carbocycles. The smallest absolute Gasteiger partial charge is 0.407 e. The number of hydrogen-bond donors (Lipinski definition) is 1. The summed E-state index contributed by atoms with van der Waals surface area (Å²) in [7, 11) is 1.62. The van der Waals surface area contributed by atoms with Gasteiger partial charge in [0.1, 0.15) is 5.60 Å². The maximum atomic E-state index is 14.0. The number of alkyl carbamates (subject to hydrolysis) is 1. The van der Waals surface area contributed by atoms with Crippen molar-refractivity contribution < 1.29 is 9.53 Å².